The molecule has 0 aromatic heterocycles. The molecular formula is C19H22ClF2NO8S. The summed E-state index contributed by atoms with van der Waals surface area (Å²) in [4.78, 5) is 12.6. The Kier molecular flexibility index (Phi) is 7.42. The van der Waals surface area contributed by atoms with Gasteiger partial charge in [-0.2, -0.15) is 0 Å². The van der Waals surface area contributed by atoms with Gasteiger partial charge in [0.2, 0.25) is 10.0 Å². The summed E-state index contributed by atoms with van der Waals surface area (Å²) in [7, 11) is -4.47. The average Bonchev–Trinajstić information content (AvgIpc) is 3.07. The zero-order valence-electron chi connectivity index (χ0n) is 16.9. The fraction of sp³-hybridized carbons (Fsp3) is 0.526. The van der Waals surface area contributed by atoms with Crippen LogP contribution >= 0.6 is 11.6 Å². The number of rotatable bonds is 7. The Labute approximate surface area is 188 Å². The van der Waals surface area contributed by atoms with Gasteiger partial charge in [-0.25, -0.2) is 22.0 Å². The van der Waals surface area contributed by atoms with Gasteiger partial charge in [-0.15, -0.1) is 0 Å². The minimum atomic E-state index is -4.47. The van der Waals surface area contributed by atoms with Crippen molar-refractivity contribution in [3.8, 4) is 0 Å². The Morgan fingerprint density at radius 3 is 2.44 bits per heavy atom. The van der Waals surface area contributed by atoms with Crippen LogP contribution in [0.15, 0.2) is 23.8 Å². The van der Waals surface area contributed by atoms with Gasteiger partial charge in [-0.3, -0.25) is 4.72 Å². The normalized spacial score (nSPS) is 27.9. The second-order valence-electron chi connectivity index (χ2n) is 7.23. The number of aliphatic hydroxyl groups is 2. The fourth-order valence-electron chi connectivity index (χ4n) is 3.66. The molecule has 1 aliphatic carbocycles. The quantitative estimate of drug-likeness (QED) is 0.483. The number of esters is 1. The largest absolute Gasteiger partial charge is 0.463 e. The molecule has 4 atom stereocenters. The van der Waals surface area contributed by atoms with Gasteiger partial charge in [0, 0.05) is 12.5 Å². The van der Waals surface area contributed by atoms with Gasteiger partial charge < -0.3 is 24.4 Å². The van der Waals surface area contributed by atoms with Gasteiger partial charge in [-0.1, -0.05) is 11.6 Å². The molecule has 1 aromatic carbocycles. The first-order valence-electron chi connectivity index (χ1n) is 9.69. The summed E-state index contributed by atoms with van der Waals surface area (Å²) in [5, 5.41) is 16.9. The van der Waals surface area contributed by atoms with E-state index in [-0.39, 0.29) is 25.0 Å². The minimum Gasteiger partial charge on any atom is -0.463 e. The molecule has 1 aromatic rings. The molecule has 3 rings (SSSR count). The summed E-state index contributed by atoms with van der Waals surface area (Å²) in [6.07, 6.45) is -0.916. The lowest BCUT2D eigenvalue weighted by Crippen LogP contribution is -2.43. The minimum absolute atomic E-state index is 0.0535. The number of hydrogen-bond donors (Lipinski definition) is 3. The lowest BCUT2D eigenvalue weighted by Gasteiger charge is -2.33. The van der Waals surface area contributed by atoms with Crippen molar-refractivity contribution in [2.75, 3.05) is 24.5 Å². The molecule has 1 heterocycles. The van der Waals surface area contributed by atoms with Crippen molar-refractivity contribution in [1.29, 1.82) is 0 Å². The summed E-state index contributed by atoms with van der Waals surface area (Å²) in [6, 6.07) is 1.21. The van der Waals surface area contributed by atoms with E-state index in [1.165, 1.54) is 6.92 Å². The molecule has 9 nitrogen and oxygen atoms in total. The predicted molar refractivity (Wildman–Crippen MR) is 108 cm³/mol. The zero-order valence-corrected chi connectivity index (χ0v) is 18.5. The Balaban J connectivity index is 1.98. The second kappa shape index (κ2) is 9.57. The predicted octanol–water partition coefficient (Wildman–Crippen LogP) is 1.48. The standard InChI is InChI=1S/C19H22ClF2NO8S/c1-2-29-18(26)11-7-19(30-14(8-24)15(9-25)31-19)4-3-16(11)32(27,28)23-17-12(20)5-10(21)6-13(17)22/h5-7,14-16,23-25H,2-4,8-9H2,1H3/t14-,15?,16?,19?/m1/s1. The molecule has 0 radical (unpaired) electrons. The number of halogens is 3. The van der Waals surface area contributed by atoms with Crippen LogP contribution in [0.4, 0.5) is 14.5 Å². The van der Waals surface area contributed by atoms with E-state index >= 15 is 0 Å². The van der Waals surface area contributed by atoms with Gasteiger partial charge in [0.15, 0.2) is 11.6 Å². The van der Waals surface area contributed by atoms with E-state index in [4.69, 9.17) is 25.8 Å². The summed E-state index contributed by atoms with van der Waals surface area (Å²) >= 11 is 5.79. The average molecular weight is 498 g/mol. The number of ether oxygens (including phenoxy) is 3. The maximum atomic E-state index is 14.1. The summed E-state index contributed by atoms with van der Waals surface area (Å²) in [5.74, 6) is -4.75. The van der Waals surface area contributed by atoms with Crippen LogP contribution in [0.3, 0.4) is 0 Å². The highest BCUT2D eigenvalue weighted by molar-refractivity contribution is 7.93. The highest BCUT2D eigenvalue weighted by atomic mass is 35.5. The second-order valence-corrected chi connectivity index (χ2v) is 9.50. The number of benzene rings is 1. The van der Waals surface area contributed by atoms with E-state index in [1.54, 1.807) is 0 Å². The maximum Gasteiger partial charge on any atom is 0.335 e. The third-order valence-corrected chi connectivity index (χ3v) is 7.12. The van der Waals surface area contributed by atoms with Crippen molar-refractivity contribution in [1.82, 2.24) is 0 Å². The van der Waals surface area contributed by atoms with Crippen LogP contribution in [0, 0.1) is 11.6 Å². The van der Waals surface area contributed by atoms with E-state index < -0.39 is 74.8 Å². The maximum absolute atomic E-state index is 14.1. The van der Waals surface area contributed by atoms with Crippen LogP contribution < -0.4 is 4.72 Å². The lowest BCUT2D eigenvalue weighted by molar-refractivity contribution is -0.154. The van der Waals surface area contributed by atoms with Crippen LogP contribution in [-0.4, -0.2) is 67.7 Å². The van der Waals surface area contributed by atoms with Crippen LogP contribution in [-0.2, 0) is 29.0 Å². The molecule has 0 bridgehead atoms. The topological polar surface area (TPSA) is 131 Å². The highest BCUT2D eigenvalue weighted by Gasteiger charge is 2.51. The van der Waals surface area contributed by atoms with Crippen LogP contribution in [0.2, 0.25) is 5.02 Å². The van der Waals surface area contributed by atoms with Crippen molar-refractivity contribution in [3.63, 3.8) is 0 Å². The van der Waals surface area contributed by atoms with E-state index in [0.717, 1.165) is 12.1 Å². The molecule has 32 heavy (non-hydrogen) atoms. The molecule has 1 saturated heterocycles. The van der Waals surface area contributed by atoms with Crippen molar-refractivity contribution in [2.45, 2.75) is 43.0 Å². The van der Waals surface area contributed by atoms with Crippen LogP contribution in [0.1, 0.15) is 19.8 Å². The Hall–Kier alpha value is -1.83. The first kappa shape index (κ1) is 24.8. The molecule has 3 N–H and O–H groups in total. The van der Waals surface area contributed by atoms with Gasteiger partial charge in [-0.05, 0) is 25.5 Å². The van der Waals surface area contributed by atoms with Crippen molar-refractivity contribution in [3.05, 3.63) is 40.4 Å². The van der Waals surface area contributed by atoms with E-state index in [1.807, 2.05) is 4.72 Å². The number of anilines is 1. The molecule has 0 saturated carbocycles. The van der Waals surface area contributed by atoms with E-state index in [9.17, 15) is 32.2 Å². The van der Waals surface area contributed by atoms with Gasteiger partial charge in [0.25, 0.3) is 0 Å². The SMILES string of the molecule is CCOC(=O)C1=CC2(CCC1S(=O)(=O)Nc1c(F)cc(F)cc1Cl)OC(CO)[C@@H](CO)O2. The van der Waals surface area contributed by atoms with Crippen molar-refractivity contribution < 1.29 is 46.4 Å². The first-order chi connectivity index (χ1) is 15.1. The van der Waals surface area contributed by atoms with Gasteiger partial charge >= 0.3 is 5.97 Å². The van der Waals surface area contributed by atoms with Gasteiger partial charge in [0.05, 0.1) is 30.4 Å². The number of nitrogens with one attached hydrogen (secondary N) is 1. The molecule has 3 unspecified atom stereocenters. The molecule has 1 spiro atoms. The monoisotopic (exact) mass is 497 g/mol. The smallest absolute Gasteiger partial charge is 0.335 e. The zero-order chi connectivity index (χ0) is 23.7. The number of carbonyl (C=O) groups is 1. The lowest BCUT2D eigenvalue weighted by atomic mass is 9.94. The molecule has 178 valence electrons. The molecule has 1 fully saturated rings. The Bertz CT molecular complexity index is 984. The van der Waals surface area contributed by atoms with E-state index in [2.05, 4.69) is 0 Å². The summed E-state index contributed by atoms with van der Waals surface area (Å²) in [5.41, 5.74) is -0.995. The number of hydrogen-bond acceptors (Lipinski definition) is 8. The van der Waals surface area contributed by atoms with E-state index in [0.29, 0.717) is 6.07 Å². The Morgan fingerprint density at radius 2 is 1.91 bits per heavy atom. The molecular weight excluding hydrogens is 476 g/mol. The fourth-order valence-corrected chi connectivity index (χ4v) is 5.52. The van der Waals surface area contributed by atoms with Gasteiger partial charge in [0.1, 0.15) is 29.0 Å². The summed E-state index contributed by atoms with van der Waals surface area (Å²) in [6.45, 7) is 0.531. The number of sulfonamides is 1. The molecule has 13 heteroatoms. The number of aliphatic hydroxyl groups excluding tert-OH is 2. The van der Waals surface area contributed by atoms with Crippen molar-refractivity contribution in [2.24, 2.45) is 0 Å². The Morgan fingerprint density at radius 1 is 1.28 bits per heavy atom. The molecule has 2 aliphatic rings. The van der Waals surface area contributed by atoms with Crippen molar-refractivity contribution >= 4 is 33.3 Å². The third-order valence-electron chi connectivity index (χ3n) is 5.09. The van der Waals surface area contributed by atoms with Crippen LogP contribution in [0.5, 0.6) is 0 Å². The molecule has 1 aliphatic heterocycles. The van der Waals surface area contributed by atoms with Crippen LogP contribution in [0.25, 0.3) is 0 Å². The first-order valence-corrected chi connectivity index (χ1v) is 11.6. The summed E-state index contributed by atoms with van der Waals surface area (Å²) < 4.78 is 71.9. The highest BCUT2D eigenvalue weighted by Crippen LogP contribution is 2.41. The third kappa shape index (κ3) is 4.90. The number of carbonyl (C=O) groups excluding carboxylic acids is 1. The molecule has 0 amide bonds.